The lowest BCUT2D eigenvalue weighted by molar-refractivity contribution is 0.385. The van der Waals surface area contributed by atoms with E-state index in [1.165, 1.54) is 32.2 Å². The fourth-order valence-corrected chi connectivity index (χ4v) is 2.24. The van der Waals surface area contributed by atoms with Gasteiger partial charge in [0.1, 0.15) is 0 Å². The topological polar surface area (TPSA) is 12.0 Å². The van der Waals surface area contributed by atoms with E-state index in [2.05, 4.69) is 19.2 Å². The molecule has 11 heavy (non-hydrogen) atoms. The molecule has 1 saturated carbocycles. The van der Waals surface area contributed by atoms with Crippen molar-refractivity contribution in [2.24, 2.45) is 11.3 Å². The Morgan fingerprint density at radius 2 is 2.09 bits per heavy atom. The van der Waals surface area contributed by atoms with E-state index < -0.39 is 0 Å². The normalized spacial score (nSPS) is 35.7. The summed E-state index contributed by atoms with van der Waals surface area (Å²) in [7, 11) is 2.05. The summed E-state index contributed by atoms with van der Waals surface area (Å²) in [5, 5.41) is 3.24. The molecule has 1 rings (SSSR count). The van der Waals surface area contributed by atoms with Crippen molar-refractivity contribution in [2.45, 2.75) is 39.5 Å². The van der Waals surface area contributed by atoms with Gasteiger partial charge in [-0.05, 0) is 44.2 Å². The molecule has 2 unspecified atom stereocenters. The number of nitrogens with one attached hydrogen (secondary N) is 1. The molecule has 1 N–H and O–H groups in total. The van der Waals surface area contributed by atoms with Gasteiger partial charge < -0.3 is 5.32 Å². The van der Waals surface area contributed by atoms with E-state index in [1.807, 2.05) is 7.05 Å². The Kier molecular flexibility index (Phi) is 2.94. The summed E-state index contributed by atoms with van der Waals surface area (Å²) in [4.78, 5) is 0. The van der Waals surface area contributed by atoms with Gasteiger partial charge >= 0.3 is 0 Å². The molecular weight excluding hydrogens is 134 g/mol. The van der Waals surface area contributed by atoms with E-state index in [0.29, 0.717) is 0 Å². The van der Waals surface area contributed by atoms with Crippen LogP contribution in [0.4, 0.5) is 0 Å². The molecule has 0 aromatic carbocycles. The molecule has 0 amide bonds. The number of rotatable bonds is 5. The van der Waals surface area contributed by atoms with E-state index in [9.17, 15) is 0 Å². The first kappa shape index (κ1) is 9.05. The third-order valence-electron chi connectivity index (χ3n) is 3.22. The molecule has 0 aliphatic heterocycles. The van der Waals surface area contributed by atoms with Gasteiger partial charge in [-0.15, -0.1) is 0 Å². The molecule has 0 radical (unpaired) electrons. The lowest BCUT2D eigenvalue weighted by Crippen LogP contribution is -2.15. The summed E-state index contributed by atoms with van der Waals surface area (Å²) in [6.45, 7) is 5.89. The first-order valence-electron chi connectivity index (χ1n) is 4.90. The Morgan fingerprint density at radius 3 is 2.45 bits per heavy atom. The van der Waals surface area contributed by atoms with E-state index >= 15 is 0 Å². The highest BCUT2D eigenvalue weighted by Gasteiger charge is 2.48. The van der Waals surface area contributed by atoms with Gasteiger partial charge in [0.25, 0.3) is 0 Å². The summed E-state index contributed by atoms with van der Waals surface area (Å²) < 4.78 is 0. The van der Waals surface area contributed by atoms with Gasteiger partial charge in [0.15, 0.2) is 0 Å². The summed E-state index contributed by atoms with van der Waals surface area (Å²) >= 11 is 0. The molecule has 1 nitrogen and oxygen atoms in total. The molecule has 0 bridgehead atoms. The van der Waals surface area contributed by atoms with E-state index in [-0.39, 0.29) is 0 Å². The predicted octanol–water partition coefficient (Wildman–Crippen LogP) is 2.42. The lowest BCUT2D eigenvalue weighted by atomic mass is 9.94. The Hall–Kier alpha value is -0.0400. The summed E-state index contributed by atoms with van der Waals surface area (Å²) in [5.41, 5.74) is 0.748. The SMILES string of the molecule is CCCC1(CCNC)CC1C. The predicted molar refractivity (Wildman–Crippen MR) is 49.7 cm³/mol. The Balaban J connectivity index is 2.25. The highest BCUT2D eigenvalue weighted by Crippen LogP contribution is 2.57. The van der Waals surface area contributed by atoms with Crippen LogP contribution < -0.4 is 5.32 Å². The minimum atomic E-state index is 0.748. The first-order valence-corrected chi connectivity index (χ1v) is 4.90. The van der Waals surface area contributed by atoms with Crippen LogP contribution in [0.3, 0.4) is 0 Å². The van der Waals surface area contributed by atoms with Crippen LogP contribution in [0.2, 0.25) is 0 Å². The zero-order valence-electron chi connectivity index (χ0n) is 8.11. The minimum Gasteiger partial charge on any atom is -0.320 e. The van der Waals surface area contributed by atoms with E-state index in [1.54, 1.807) is 0 Å². The van der Waals surface area contributed by atoms with Crippen molar-refractivity contribution in [1.82, 2.24) is 5.32 Å². The molecule has 0 spiro atoms. The maximum absolute atomic E-state index is 3.24. The Bertz CT molecular complexity index is 122. The fraction of sp³-hybridized carbons (Fsp3) is 1.00. The second-order valence-corrected chi connectivity index (χ2v) is 4.07. The van der Waals surface area contributed by atoms with Crippen molar-refractivity contribution >= 4 is 0 Å². The summed E-state index contributed by atoms with van der Waals surface area (Å²) in [6.07, 6.45) is 5.66. The number of hydrogen-bond acceptors (Lipinski definition) is 1. The van der Waals surface area contributed by atoms with Gasteiger partial charge in [-0.1, -0.05) is 20.3 Å². The Morgan fingerprint density at radius 1 is 1.45 bits per heavy atom. The van der Waals surface area contributed by atoms with E-state index in [0.717, 1.165) is 11.3 Å². The lowest BCUT2D eigenvalue weighted by Gasteiger charge is -2.14. The maximum atomic E-state index is 3.24. The monoisotopic (exact) mass is 155 g/mol. The molecule has 2 atom stereocenters. The zero-order valence-corrected chi connectivity index (χ0v) is 8.11. The van der Waals surface area contributed by atoms with E-state index in [4.69, 9.17) is 0 Å². The standard InChI is InChI=1S/C10H21N/c1-4-5-10(6-7-11-3)8-9(10)2/h9,11H,4-8H2,1-3H3. The average Bonchev–Trinajstić information content (AvgIpc) is 2.59. The number of hydrogen-bond donors (Lipinski definition) is 1. The minimum absolute atomic E-state index is 0.748. The van der Waals surface area contributed by atoms with Crippen LogP contribution in [-0.2, 0) is 0 Å². The molecule has 0 heterocycles. The van der Waals surface area contributed by atoms with Gasteiger partial charge in [-0.3, -0.25) is 0 Å². The van der Waals surface area contributed by atoms with Crippen LogP contribution in [0.25, 0.3) is 0 Å². The van der Waals surface area contributed by atoms with Gasteiger partial charge in [-0.25, -0.2) is 0 Å². The van der Waals surface area contributed by atoms with Crippen LogP contribution in [-0.4, -0.2) is 13.6 Å². The van der Waals surface area contributed by atoms with Gasteiger partial charge in [-0.2, -0.15) is 0 Å². The molecule has 66 valence electrons. The van der Waals surface area contributed by atoms with Crippen LogP contribution in [0.1, 0.15) is 39.5 Å². The summed E-state index contributed by atoms with van der Waals surface area (Å²) in [5.74, 6) is 0.996. The molecule has 1 fully saturated rings. The van der Waals surface area contributed by atoms with Crippen molar-refractivity contribution < 1.29 is 0 Å². The van der Waals surface area contributed by atoms with Crippen LogP contribution in [0.15, 0.2) is 0 Å². The first-order chi connectivity index (χ1) is 5.25. The highest BCUT2D eigenvalue weighted by atomic mass is 14.8. The average molecular weight is 155 g/mol. The maximum Gasteiger partial charge on any atom is -0.00465 e. The van der Waals surface area contributed by atoms with Crippen molar-refractivity contribution in [2.75, 3.05) is 13.6 Å². The van der Waals surface area contributed by atoms with Crippen molar-refractivity contribution in [3.63, 3.8) is 0 Å². The van der Waals surface area contributed by atoms with Gasteiger partial charge in [0.2, 0.25) is 0 Å². The molecule has 0 aromatic rings. The largest absolute Gasteiger partial charge is 0.320 e. The van der Waals surface area contributed by atoms with Crippen LogP contribution >= 0.6 is 0 Å². The molecule has 1 heteroatoms. The third kappa shape index (κ3) is 1.96. The second-order valence-electron chi connectivity index (χ2n) is 4.07. The molecule has 1 aliphatic rings. The van der Waals surface area contributed by atoms with Crippen molar-refractivity contribution in [3.8, 4) is 0 Å². The molecule has 1 aliphatic carbocycles. The van der Waals surface area contributed by atoms with Crippen LogP contribution in [0.5, 0.6) is 0 Å². The fourth-order valence-electron chi connectivity index (χ4n) is 2.24. The van der Waals surface area contributed by atoms with Gasteiger partial charge in [0, 0.05) is 0 Å². The zero-order chi connectivity index (χ0) is 8.32. The smallest absolute Gasteiger partial charge is 0.00465 e. The molecule has 0 aromatic heterocycles. The quantitative estimate of drug-likeness (QED) is 0.643. The second kappa shape index (κ2) is 3.57. The highest BCUT2D eigenvalue weighted by molar-refractivity contribution is 4.99. The molecule has 0 saturated heterocycles. The van der Waals surface area contributed by atoms with Crippen LogP contribution in [0, 0.1) is 11.3 Å². The van der Waals surface area contributed by atoms with Crippen molar-refractivity contribution in [1.29, 1.82) is 0 Å². The van der Waals surface area contributed by atoms with Crippen molar-refractivity contribution in [3.05, 3.63) is 0 Å². The Labute approximate surface area is 70.6 Å². The third-order valence-corrected chi connectivity index (χ3v) is 3.22. The molecular formula is C10H21N. The van der Waals surface area contributed by atoms with Gasteiger partial charge in [0.05, 0.1) is 0 Å². The summed E-state index contributed by atoms with van der Waals surface area (Å²) in [6, 6.07) is 0.